The number of aliphatic hydroxyl groups excluding tert-OH is 1. The zero-order valence-electron chi connectivity index (χ0n) is 12.5. The zero-order valence-corrected chi connectivity index (χ0v) is 12.5. The van der Waals surface area contributed by atoms with Gasteiger partial charge in [-0.1, -0.05) is 19.8 Å². The molecular weight excluding hydrogens is 230 g/mol. The Morgan fingerprint density at radius 1 is 1.17 bits per heavy atom. The molecule has 0 aromatic rings. The highest BCUT2D eigenvalue weighted by Gasteiger charge is 2.14. The quantitative estimate of drug-likeness (QED) is 0.545. The van der Waals surface area contributed by atoms with Gasteiger partial charge in [0.1, 0.15) is 0 Å². The molecule has 0 spiro atoms. The lowest BCUT2D eigenvalue weighted by Gasteiger charge is -2.28. The van der Waals surface area contributed by atoms with Gasteiger partial charge in [-0.25, -0.2) is 0 Å². The number of aliphatic hydroxyl groups is 1. The first-order valence-corrected chi connectivity index (χ1v) is 7.10. The predicted octanol–water partition coefficient (Wildman–Crippen LogP) is 1.91. The molecule has 0 bridgehead atoms. The maximum atomic E-state index is 9.92. The Bertz CT molecular complexity index is 176. The molecule has 0 aliphatic carbocycles. The van der Waals surface area contributed by atoms with Gasteiger partial charge in [0.2, 0.25) is 0 Å². The molecule has 0 aliphatic heterocycles. The molecule has 110 valence electrons. The Morgan fingerprint density at radius 2 is 1.89 bits per heavy atom. The largest absolute Gasteiger partial charge is 0.389 e. The van der Waals surface area contributed by atoms with E-state index in [9.17, 15) is 5.11 Å². The highest BCUT2D eigenvalue weighted by Crippen LogP contribution is 2.05. The molecule has 0 fully saturated rings. The lowest BCUT2D eigenvalue weighted by atomic mass is 10.2. The van der Waals surface area contributed by atoms with Gasteiger partial charge >= 0.3 is 0 Å². The summed E-state index contributed by atoms with van der Waals surface area (Å²) in [6, 6.07) is 0.468. The van der Waals surface area contributed by atoms with E-state index >= 15 is 0 Å². The summed E-state index contributed by atoms with van der Waals surface area (Å²) in [7, 11) is 1.65. The molecule has 0 saturated heterocycles. The van der Waals surface area contributed by atoms with Crippen LogP contribution in [-0.2, 0) is 9.47 Å². The first kappa shape index (κ1) is 17.8. The zero-order chi connectivity index (χ0) is 13.8. The van der Waals surface area contributed by atoms with E-state index in [-0.39, 0.29) is 0 Å². The number of unbranched alkanes of at least 4 members (excludes halogenated alkanes) is 2. The van der Waals surface area contributed by atoms with Crippen molar-refractivity contribution in [1.82, 2.24) is 4.90 Å². The van der Waals surface area contributed by atoms with Crippen LogP contribution in [-0.4, -0.2) is 62.2 Å². The summed E-state index contributed by atoms with van der Waals surface area (Å²) >= 11 is 0. The second-order valence-electron chi connectivity index (χ2n) is 5.02. The van der Waals surface area contributed by atoms with E-state index < -0.39 is 6.10 Å². The summed E-state index contributed by atoms with van der Waals surface area (Å²) in [5.41, 5.74) is 0. The van der Waals surface area contributed by atoms with Crippen LogP contribution in [0, 0.1) is 0 Å². The number of rotatable bonds is 12. The predicted molar refractivity (Wildman–Crippen MR) is 74.9 cm³/mol. The average Bonchev–Trinajstić information content (AvgIpc) is 2.33. The smallest absolute Gasteiger partial charge is 0.0900 e. The van der Waals surface area contributed by atoms with Gasteiger partial charge in [-0.15, -0.1) is 0 Å². The van der Waals surface area contributed by atoms with Crippen molar-refractivity contribution in [3.63, 3.8) is 0 Å². The molecule has 0 heterocycles. The molecule has 4 nitrogen and oxygen atoms in total. The van der Waals surface area contributed by atoms with E-state index in [2.05, 4.69) is 25.7 Å². The van der Waals surface area contributed by atoms with Gasteiger partial charge in [0.05, 0.1) is 25.9 Å². The van der Waals surface area contributed by atoms with Gasteiger partial charge in [-0.2, -0.15) is 0 Å². The van der Waals surface area contributed by atoms with Crippen LogP contribution in [0.25, 0.3) is 0 Å². The first-order chi connectivity index (χ1) is 8.61. The van der Waals surface area contributed by atoms with Crippen molar-refractivity contribution in [2.45, 2.75) is 52.2 Å². The van der Waals surface area contributed by atoms with Crippen LogP contribution in [0.5, 0.6) is 0 Å². The normalized spacial score (nSPS) is 13.5. The molecule has 1 N–H and O–H groups in total. The lowest BCUT2D eigenvalue weighted by Crippen LogP contribution is -2.40. The number of methoxy groups -OCH3 is 1. The second-order valence-corrected chi connectivity index (χ2v) is 5.02. The molecular formula is C14H31NO3. The molecule has 1 atom stereocenters. The van der Waals surface area contributed by atoms with Crippen LogP contribution >= 0.6 is 0 Å². The van der Waals surface area contributed by atoms with E-state index in [1.807, 2.05) is 0 Å². The van der Waals surface area contributed by atoms with Crippen LogP contribution < -0.4 is 0 Å². The van der Waals surface area contributed by atoms with E-state index in [0.717, 1.165) is 6.54 Å². The van der Waals surface area contributed by atoms with E-state index in [0.29, 0.717) is 32.4 Å². The first-order valence-electron chi connectivity index (χ1n) is 7.10. The summed E-state index contributed by atoms with van der Waals surface area (Å²) in [4.78, 5) is 2.32. The average molecular weight is 261 g/mol. The molecule has 0 amide bonds. The fourth-order valence-electron chi connectivity index (χ4n) is 1.81. The standard InChI is InChI=1S/C14H31NO3/c1-5-6-7-8-15(13(2)3)11-14(16)12-18-10-9-17-4/h13-14,16H,5-12H2,1-4H3. The Kier molecular flexibility index (Phi) is 11.8. The summed E-state index contributed by atoms with van der Waals surface area (Å²) in [6.07, 6.45) is 3.27. The Morgan fingerprint density at radius 3 is 2.44 bits per heavy atom. The Balaban J connectivity index is 3.77. The molecule has 1 unspecified atom stereocenters. The van der Waals surface area contributed by atoms with Crippen LogP contribution in [0.3, 0.4) is 0 Å². The molecule has 0 radical (unpaired) electrons. The molecule has 4 heteroatoms. The minimum Gasteiger partial charge on any atom is -0.389 e. The third-order valence-corrected chi connectivity index (χ3v) is 2.97. The maximum Gasteiger partial charge on any atom is 0.0900 e. The van der Waals surface area contributed by atoms with Gasteiger partial charge < -0.3 is 14.6 Å². The number of hydrogen-bond donors (Lipinski definition) is 1. The van der Waals surface area contributed by atoms with E-state index in [4.69, 9.17) is 9.47 Å². The van der Waals surface area contributed by atoms with Crippen molar-refractivity contribution in [2.75, 3.05) is 40.0 Å². The summed E-state index contributed by atoms with van der Waals surface area (Å²) in [5, 5.41) is 9.92. The van der Waals surface area contributed by atoms with Crippen LogP contribution in [0.1, 0.15) is 40.0 Å². The van der Waals surface area contributed by atoms with Crippen molar-refractivity contribution < 1.29 is 14.6 Å². The molecule has 0 rings (SSSR count). The van der Waals surface area contributed by atoms with Gasteiger partial charge in [0.25, 0.3) is 0 Å². The Labute approximate surface area is 112 Å². The van der Waals surface area contributed by atoms with Crippen LogP contribution in [0.2, 0.25) is 0 Å². The van der Waals surface area contributed by atoms with Gasteiger partial charge in [0.15, 0.2) is 0 Å². The van der Waals surface area contributed by atoms with Crippen LogP contribution in [0.4, 0.5) is 0 Å². The SMILES string of the molecule is CCCCCN(CC(O)COCCOC)C(C)C. The summed E-state index contributed by atoms with van der Waals surface area (Å²) < 4.78 is 10.2. The van der Waals surface area contributed by atoms with Crippen molar-refractivity contribution >= 4 is 0 Å². The van der Waals surface area contributed by atoms with Gasteiger partial charge in [-0.3, -0.25) is 4.90 Å². The van der Waals surface area contributed by atoms with Crippen molar-refractivity contribution in [3.8, 4) is 0 Å². The summed E-state index contributed by atoms with van der Waals surface area (Å²) in [6.45, 7) is 9.81. The third kappa shape index (κ3) is 9.83. The molecule has 0 aromatic carbocycles. The van der Waals surface area contributed by atoms with E-state index in [1.165, 1.54) is 19.3 Å². The number of hydrogen-bond acceptors (Lipinski definition) is 4. The minimum atomic E-state index is -0.411. The molecule has 18 heavy (non-hydrogen) atoms. The maximum absolute atomic E-state index is 9.92. The molecule has 0 saturated carbocycles. The number of nitrogens with zero attached hydrogens (tertiary/aromatic N) is 1. The topological polar surface area (TPSA) is 41.9 Å². The Hall–Kier alpha value is -0.160. The number of ether oxygens (including phenoxy) is 2. The highest BCUT2D eigenvalue weighted by molar-refractivity contribution is 4.68. The van der Waals surface area contributed by atoms with E-state index in [1.54, 1.807) is 7.11 Å². The minimum absolute atomic E-state index is 0.389. The highest BCUT2D eigenvalue weighted by atomic mass is 16.5. The van der Waals surface area contributed by atoms with Crippen molar-refractivity contribution in [2.24, 2.45) is 0 Å². The van der Waals surface area contributed by atoms with Crippen LogP contribution in [0.15, 0.2) is 0 Å². The van der Waals surface area contributed by atoms with Gasteiger partial charge in [0, 0.05) is 19.7 Å². The lowest BCUT2D eigenvalue weighted by molar-refractivity contribution is -0.00466. The van der Waals surface area contributed by atoms with Gasteiger partial charge in [-0.05, 0) is 26.8 Å². The second kappa shape index (κ2) is 11.9. The monoisotopic (exact) mass is 261 g/mol. The molecule has 0 aromatic heterocycles. The summed E-state index contributed by atoms with van der Waals surface area (Å²) in [5.74, 6) is 0. The fraction of sp³-hybridized carbons (Fsp3) is 1.00. The molecule has 0 aliphatic rings. The fourth-order valence-corrected chi connectivity index (χ4v) is 1.81. The van der Waals surface area contributed by atoms with Crippen molar-refractivity contribution in [3.05, 3.63) is 0 Å². The third-order valence-electron chi connectivity index (χ3n) is 2.97. The van der Waals surface area contributed by atoms with Crippen molar-refractivity contribution in [1.29, 1.82) is 0 Å².